The van der Waals surface area contributed by atoms with E-state index in [1.807, 2.05) is 30.3 Å². The van der Waals surface area contributed by atoms with Crippen molar-refractivity contribution in [2.75, 3.05) is 0 Å². The Kier molecular flexibility index (Phi) is 3.74. The van der Waals surface area contributed by atoms with Crippen LogP contribution in [0.3, 0.4) is 0 Å². The second kappa shape index (κ2) is 6.05. The standard InChI is InChI=1S/C17H14ClN5O/c18-13-5-1-2-6-14(13)23-16(11-4-3-9-19-10-11)15(21-22-23)17(24)20-12-7-8-12/h1-6,9-10,12H,7-8H2,(H,20,24). The van der Waals surface area contributed by atoms with E-state index < -0.39 is 0 Å². The number of rotatable bonds is 4. The summed E-state index contributed by atoms with van der Waals surface area (Å²) in [5, 5.41) is 11.8. The van der Waals surface area contributed by atoms with Crippen molar-refractivity contribution in [3.63, 3.8) is 0 Å². The van der Waals surface area contributed by atoms with E-state index >= 15 is 0 Å². The van der Waals surface area contributed by atoms with Crippen molar-refractivity contribution in [2.45, 2.75) is 18.9 Å². The highest BCUT2D eigenvalue weighted by molar-refractivity contribution is 6.32. The fourth-order valence-corrected chi connectivity index (χ4v) is 2.69. The molecule has 0 spiro atoms. The van der Waals surface area contributed by atoms with Gasteiger partial charge in [0.25, 0.3) is 5.91 Å². The van der Waals surface area contributed by atoms with Gasteiger partial charge in [0.2, 0.25) is 0 Å². The number of benzene rings is 1. The Morgan fingerprint density at radius 3 is 2.75 bits per heavy atom. The number of carbonyl (C=O) groups is 1. The van der Waals surface area contributed by atoms with E-state index in [1.54, 1.807) is 23.1 Å². The van der Waals surface area contributed by atoms with Crippen LogP contribution >= 0.6 is 11.6 Å². The van der Waals surface area contributed by atoms with Gasteiger partial charge in [-0.2, -0.15) is 0 Å². The third-order valence-electron chi connectivity index (χ3n) is 3.81. The van der Waals surface area contributed by atoms with E-state index in [1.165, 1.54) is 0 Å². The Morgan fingerprint density at radius 2 is 2.04 bits per heavy atom. The lowest BCUT2D eigenvalue weighted by atomic mass is 10.1. The molecule has 6 nitrogen and oxygen atoms in total. The highest BCUT2D eigenvalue weighted by atomic mass is 35.5. The maximum absolute atomic E-state index is 12.5. The minimum atomic E-state index is -0.227. The number of hydrogen-bond donors (Lipinski definition) is 1. The van der Waals surface area contributed by atoms with Crippen LogP contribution in [-0.4, -0.2) is 31.9 Å². The lowest BCUT2D eigenvalue weighted by Gasteiger charge is -2.09. The molecule has 4 rings (SSSR count). The lowest BCUT2D eigenvalue weighted by molar-refractivity contribution is 0.0946. The summed E-state index contributed by atoms with van der Waals surface area (Å²) in [6.45, 7) is 0. The van der Waals surface area contributed by atoms with E-state index in [9.17, 15) is 4.79 Å². The molecule has 120 valence electrons. The first-order valence-corrected chi connectivity index (χ1v) is 8.03. The molecule has 2 aromatic heterocycles. The molecule has 24 heavy (non-hydrogen) atoms. The van der Waals surface area contributed by atoms with Gasteiger partial charge < -0.3 is 5.32 Å². The highest BCUT2D eigenvalue weighted by Crippen LogP contribution is 2.28. The monoisotopic (exact) mass is 339 g/mol. The van der Waals surface area contributed by atoms with Gasteiger partial charge in [-0.05, 0) is 37.1 Å². The zero-order chi connectivity index (χ0) is 16.5. The molecule has 0 aliphatic heterocycles. The number of para-hydroxylation sites is 1. The predicted molar refractivity (Wildman–Crippen MR) is 90.1 cm³/mol. The molecule has 0 bridgehead atoms. The molecule has 3 aromatic rings. The zero-order valence-corrected chi connectivity index (χ0v) is 13.4. The first-order chi connectivity index (χ1) is 11.7. The van der Waals surface area contributed by atoms with E-state index in [0.717, 1.165) is 18.4 Å². The molecule has 1 amide bonds. The van der Waals surface area contributed by atoms with Gasteiger partial charge in [-0.15, -0.1) is 5.10 Å². The number of carbonyl (C=O) groups excluding carboxylic acids is 1. The average Bonchev–Trinajstić information content (AvgIpc) is 3.31. The van der Waals surface area contributed by atoms with E-state index in [2.05, 4.69) is 20.6 Å². The second-order valence-electron chi connectivity index (χ2n) is 5.64. The summed E-state index contributed by atoms with van der Waals surface area (Å²) in [4.78, 5) is 16.7. The van der Waals surface area contributed by atoms with Crippen LogP contribution in [0, 0.1) is 0 Å². The summed E-state index contributed by atoms with van der Waals surface area (Å²) in [6, 6.07) is 11.2. The molecule has 1 aliphatic rings. The smallest absolute Gasteiger partial charge is 0.274 e. The van der Waals surface area contributed by atoms with Crippen molar-refractivity contribution in [1.29, 1.82) is 0 Å². The van der Waals surface area contributed by atoms with Crippen molar-refractivity contribution >= 4 is 17.5 Å². The minimum absolute atomic E-state index is 0.227. The van der Waals surface area contributed by atoms with Crippen molar-refractivity contribution in [1.82, 2.24) is 25.3 Å². The first-order valence-electron chi connectivity index (χ1n) is 7.66. The second-order valence-corrected chi connectivity index (χ2v) is 6.05. The summed E-state index contributed by atoms with van der Waals surface area (Å²) in [5.41, 5.74) is 2.27. The van der Waals surface area contributed by atoms with Crippen LogP contribution in [0.5, 0.6) is 0 Å². The van der Waals surface area contributed by atoms with Crippen molar-refractivity contribution in [3.05, 3.63) is 59.5 Å². The van der Waals surface area contributed by atoms with Crippen LogP contribution < -0.4 is 5.32 Å². The van der Waals surface area contributed by atoms with Crippen LogP contribution in [0.1, 0.15) is 23.3 Å². The summed E-state index contributed by atoms with van der Waals surface area (Å²) in [5.74, 6) is -0.227. The van der Waals surface area contributed by atoms with Gasteiger partial charge >= 0.3 is 0 Å². The van der Waals surface area contributed by atoms with Gasteiger partial charge in [0.1, 0.15) is 5.69 Å². The van der Waals surface area contributed by atoms with Crippen LogP contribution in [0.2, 0.25) is 5.02 Å². The van der Waals surface area contributed by atoms with Gasteiger partial charge in [0, 0.05) is 24.0 Å². The van der Waals surface area contributed by atoms with Crippen molar-refractivity contribution < 1.29 is 4.79 Å². The molecule has 1 fully saturated rings. The van der Waals surface area contributed by atoms with Crippen LogP contribution in [0.15, 0.2) is 48.8 Å². The third kappa shape index (κ3) is 2.76. The quantitative estimate of drug-likeness (QED) is 0.793. The number of halogens is 1. The molecule has 1 N–H and O–H groups in total. The van der Waals surface area contributed by atoms with E-state index in [-0.39, 0.29) is 17.6 Å². The van der Waals surface area contributed by atoms with Gasteiger partial charge in [-0.25, -0.2) is 4.68 Å². The first kappa shape index (κ1) is 14.8. The third-order valence-corrected chi connectivity index (χ3v) is 4.13. The Morgan fingerprint density at radius 1 is 1.21 bits per heavy atom. The molecule has 0 saturated heterocycles. The fraction of sp³-hybridized carbons (Fsp3) is 0.176. The zero-order valence-electron chi connectivity index (χ0n) is 12.7. The Labute approximate surface area is 143 Å². The number of nitrogens with one attached hydrogen (secondary N) is 1. The predicted octanol–water partition coefficient (Wildman–Crippen LogP) is 2.87. The SMILES string of the molecule is O=C(NC1CC1)c1nnn(-c2ccccc2Cl)c1-c1cccnc1. The summed E-state index contributed by atoms with van der Waals surface area (Å²) in [7, 11) is 0. The van der Waals surface area contributed by atoms with Gasteiger partial charge in [-0.3, -0.25) is 9.78 Å². The fourth-order valence-electron chi connectivity index (χ4n) is 2.47. The molecule has 7 heteroatoms. The summed E-state index contributed by atoms with van der Waals surface area (Å²) >= 11 is 6.30. The van der Waals surface area contributed by atoms with Gasteiger partial charge in [0.05, 0.1) is 10.7 Å². The summed E-state index contributed by atoms with van der Waals surface area (Å²) < 4.78 is 1.58. The molecule has 0 radical (unpaired) electrons. The van der Waals surface area contributed by atoms with Crippen molar-refractivity contribution in [3.8, 4) is 16.9 Å². The summed E-state index contributed by atoms with van der Waals surface area (Å²) in [6.07, 6.45) is 5.37. The van der Waals surface area contributed by atoms with Gasteiger partial charge in [-0.1, -0.05) is 28.9 Å². The molecule has 0 atom stereocenters. The van der Waals surface area contributed by atoms with Crippen LogP contribution in [-0.2, 0) is 0 Å². The molecule has 2 heterocycles. The lowest BCUT2D eigenvalue weighted by Crippen LogP contribution is -2.26. The molecule has 1 saturated carbocycles. The molecule has 0 unspecified atom stereocenters. The maximum Gasteiger partial charge on any atom is 0.274 e. The number of amides is 1. The molecular weight excluding hydrogens is 326 g/mol. The number of aromatic nitrogens is 4. The normalized spacial score (nSPS) is 13.7. The Balaban J connectivity index is 1.86. The largest absolute Gasteiger partial charge is 0.348 e. The Bertz CT molecular complexity index is 889. The molecule has 1 aromatic carbocycles. The topological polar surface area (TPSA) is 72.7 Å². The van der Waals surface area contributed by atoms with Gasteiger partial charge in [0.15, 0.2) is 5.69 Å². The molecular formula is C17H14ClN5O. The number of hydrogen-bond acceptors (Lipinski definition) is 4. The number of nitrogens with zero attached hydrogens (tertiary/aromatic N) is 4. The average molecular weight is 340 g/mol. The Hall–Kier alpha value is -2.73. The highest BCUT2D eigenvalue weighted by Gasteiger charge is 2.28. The maximum atomic E-state index is 12.5. The number of pyridine rings is 1. The molecule has 1 aliphatic carbocycles. The van der Waals surface area contributed by atoms with Crippen molar-refractivity contribution in [2.24, 2.45) is 0 Å². The van der Waals surface area contributed by atoms with E-state index in [0.29, 0.717) is 16.4 Å². The minimum Gasteiger partial charge on any atom is -0.348 e. The van der Waals surface area contributed by atoms with Crippen LogP contribution in [0.4, 0.5) is 0 Å². The van der Waals surface area contributed by atoms with E-state index in [4.69, 9.17) is 11.6 Å². The van der Waals surface area contributed by atoms with Crippen LogP contribution in [0.25, 0.3) is 16.9 Å².